The lowest BCUT2D eigenvalue weighted by Crippen LogP contribution is -2.14. The Kier molecular flexibility index (Phi) is 6.44. The number of nitrogens with one attached hydrogen (secondary N) is 2. The van der Waals surface area contributed by atoms with Crippen molar-refractivity contribution in [2.45, 2.75) is 0 Å². The minimum Gasteiger partial charge on any atom is -0.733 e. The van der Waals surface area contributed by atoms with Gasteiger partial charge in [0.15, 0.2) is 0 Å². The zero-order valence-corrected chi connectivity index (χ0v) is 19.1. The topological polar surface area (TPSA) is 105 Å². The Morgan fingerprint density at radius 3 is 2.08 bits per heavy atom. The Labute approximate surface area is 207 Å². The Hall–Kier alpha value is -4.92. The number of rotatable bonds is 7. The third-order valence-corrected chi connectivity index (χ3v) is 5.57. The highest BCUT2D eigenvalue weighted by atomic mass is 16.8. The summed E-state index contributed by atoms with van der Waals surface area (Å²) in [5.74, 6) is 0.373. The number of carbonyl (C=O) groups is 1. The van der Waals surface area contributed by atoms with E-state index in [0.717, 1.165) is 22.8 Å². The number of nitrogens with zero attached hydrogens (tertiary/aromatic N) is 3. The van der Waals surface area contributed by atoms with Gasteiger partial charge < -0.3 is 21.1 Å². The van der Waals surface area contributed by atoms with E-state index in [2.05, 4.69) is 10.6 Å². The first-order chi connectivity index (χ1) is 17.6. The molecule has 0 radical (unpaired) electrons. The molecule has 0 spiro atoms. The number of carbonyl (C=O) groups excluding carboxylic acids is 1. The molecule has 0 aliphatic rings. The standard InChI is InChI=1S/C28H22N5O3/c34-28(21-15-17-23(18-16-21)33(35)36)30-25-14-8-7-13-24(25)29-27-19-26(20-9-3-1-4-10-20)31-32(27)22-11-5-2-6-12-22/h1-19,29,35H,(H,30,34)/q-1. The Balaban J connectivity index is 1.46. The Bertz CT molecular complexity index is 1470. The lowest BCUT2D eigenvalue weighted by atomic mass is 10.1. The van der Waals surface area contributed by atoms with Crippen LogP contribution in [0.25, 0.3) is 16.9 Å². The van der Waals surface area contributed by atoms with E-state index in [0.29, 0.717) is 16.9 Å². The van der Waals surface area contributed by atoms with Gasteiger partial charge in [-0.25, -0.2) is 4.68 Å². The number of hydrogen-bond donors (Lipinski definition) is 3. The van der Waals surface area contributed by atoms with Gasteiger partial charge >= 0.3 is 0 Å². The molecule has 0 saturated carbocycles. The fourth-order valence-corrected chi connectivity index (χ4v) is 3.76. The summed E-state index contributed by atoms with van der Waals surface area (Å²) in [6.45, 7) is 0. The first kappa shape index (κ1) is 22.9. The summed E-state index contributed by atoms with van der Waals surface area (Å²) in [6, 6.07) is 34.7. The van der Waals surface area contributed by atoms with Crippen LogP contribution in [-0.4, -0.2) is 20.9 Å². The van der Waals surface area contributed by atoms with Gasteiger partial charge in [0.2, 0.25) is 0 Å². The van der Waals surface area contributed by atoms with E-state index in [1.54, 1.807) is 6.07 Å². The number of hydrogen-bond acceptors (Lipinski definition) is 6. The smallest absolute Gasteiger partial charge is 0.255 e. The van der Waals surface area contributed by atoms with E-state index in [1.165, 1.54) is 24.3 Å². The Morgan fingerprint density at radius 1 is 0.806 bits per heavy atom. The lowest BCUT2D eigenvalue weighted by molar-refractivity contribution is 0.102. The number of aromatic nitrogens is 2. The fourth-order valence-electron chi connectivity index (χ4n) is 3.76. The molecule has 8 heteroatoms. The van der Waals surface area contributed by atoms with Crippen molar-refractivity contribution < 1.29 is 10.0 Å². The third-order valence-electron chi connectivity index (χ3n) is 5.57. The normalized spacial score (nSPS) is 10.6. The van der Waals surface area contributed by atoms with Crippen LogP contribution >= 0.6 is 0 Å². The molecule has 0 unspecified atom stereocenters. The number of amides is 1. The molecule has 1 aromatic heterocycles. The van der Waals surface area contributed by atoms with Gasteiger partial charge in [-0.1, -0.05) is 60.7 Å². The predicted octanol–water partition coefficient (Wildman–Crippen LogP) is 6.23. The number of benzene rings is 4. The second kappa shape index (κ2) is 10.1. The molecule has 4 aromatic carbocycles. The van der Waals surface area contributed by atoms with Crippen molar-refractivity contribution >= 4 is 28.8 Å². The van der Waals surface area contributed by atoms with Crippen LogP contribution in [0.15, 0.2) is 115 Å². The monoisotopic (exact) mass is 476 g/mol. The van der Waals surface area contributed by atoms with Gasteiger partial charge in [0.25, 0.3) is 5.91 Å². The largest absolute Gasteiger partial charge is 0.733 e. The highest BCUT2D eigenvalue weighted by molar-refractivity contribution is 6.06. The average Bonchev–Trinajstić information content (AvgIpc) is 3.34. The van der Waals surface area contributed by atoms with Crippen LogP contribution in [-0.2, 0) is 0 Å². The van der Waals surface area contributed by atoms with Crippen LogP contribution in [0.1, 0.15) is 10.4 Å². The molecular weight excluding hydrogens is 454 g/mol. The minimum absolute atomic E-state index is 0.0389. The molecular formula is C28H22N5O3-. The van der Waals surface area contributed by atoms with E-state index in [4.69, 9.17) is 10.3 Å². The molecule has 5 aromatic rings. The average molecular weight is 477 g/mol. The quantitative estimate of drug-likeness (QED) is 0.241. The van der Waals surface area contributed by atoms with Crippen molar-refractivity contribution in [3.05, 3.63) is 126 Å². The first-order valence-corrected chi connectivity index (χ1v) is 11.2. The molecule has 0 aliphatic carbocycles. The van der Waals surface area contributed by atoms with Crippen molar-refractivity contribution in [3.63, 3.8) is 0 Å². The van der Waals surface area contributed by atoms with E-state index in [9.17, 15) is 10.0 Å². The lowest BCUT2D eigenvalue weighted by Gasteiger charge is -2.21. The predicted molar refractivity (Wildman–Crippen MR) is 141 cm³/mol. The van der Waals surface area contributed by atoms with Crippen molar-refractivity contribution in [3.8, 4) is 16.9 Å². The van der Waals surface area contributed by atoms with Gasteiger partial charge in [-0.05, 0) is 48.5 Å². The van der Waals surface area contributed by atoms with Gasteiger partial charge in [0, 0.05) is 17.2 Å². The SMILES string of the molecule is O=C(Nc1ccccc1Nc1cc(-c2ccccc2)nn1-c1ccccc1)c1ccc(N([O-])O)cc1. The first-order valence-electron chi connectivity index (χ1n) is 11.2. The van der Waals surface area contributed by atoms with Crippen LogP contribution in [0.3, 0.4) is 0 Å². The zero-order chi connectivity index (χ0) is 24.9. The van der Waals surface area contributed by atoms with Gasteiger partial charge in [-0.15, -0.1) is 0 Å². The maximum absolute atomic E-state index is 12.9. The Morgan fingerprint density at radius 2 is 1.42 bits per heavy atom. The van der Waals surface area contributed by atoms with Crippen molar-refractivity contribution in [2.24, 2.45) is 0 Å². The second-order valence-electron chi connectivity index (χ2n) is 7.97. The molecule has 0 bridgehead atoms. The van der Waals surface area contributed by atoms with Crippen LogP contribution < -0.4 is 15.9 Å². The molecule has 1 amide bonds. The van der Waals surface area contributed by atoms with E-state index >= 15 is 0 Å². The molecule has 3 N–H and O–H groups in total. The maximum Gasteiger partial charge on any atom is 0.255 e. The minimum atomic E-state index is -0.354. The summed E-state index contributed by atoms with van der Waals surface area (Å²) in [6.07, 6.45) is 0. The van der Waals surface area contributed by atoms with Gasteiger partial charge in [0.05, 0.1) is 28.4 Å². The molecule has 0 fully saturated rings. The molecule has 1 heterocycles. The van der Waals surface area contributed by atoms with Crippen LogP contribution in [0.2, 0.25) is 0 Å². The summed E-state index contributed by atoms with van der Waals surface area (Å²) in [5, 5.41) is 30.9. The van der Waals surface area contributed by atoms with Gasteiger partial charge in [0.1, 0.15) is 5.82 Å². The van der Waals surface area contributed by atoms with Crippen LogP contribution in [0.5, 0.6) is 0 Å². The van der Waals surface area contributed by atoms with Crippen LogP contribution in [0, 0.1) is 5.21 Å². The van der Waals surface area contributed by atoms with Crippen LogP contribution in [0.4, 0.5) is 22.9 Å². The highest BCUT2D eigenvalue weighted by Crippen LogP contribution is 2.30. The second-order valence-corrected chi connectivity index (χ2v) is 7.97. The van der Waals surface area contributed by atoms with E-state index in [1.807, 2.05) is 89.6 Å². The van der Waals surface area contributed by atoms with E-state index in [-0.39, 0.29) is 16.8 Å². The van der Waals surface area contributed by atoms with E-state index < -0.39 is 0 Å². The van der Waals surface area contributed by atoms with Gasteiger partial charge in [-0.2, -0.15) is 5.10 Å². The zero-order valence-electron chi connectivity index (χ0n) is 19.1. The molecule has 36 heavy (non-hydrogen) atoms. The summed E-state index contributed by atoms with van der Waals surface area (Å²) in [4.78, 5) is 12.9. The molecule has 178 valence electrons. The molecule has 0 aliphatic heterocycles. The molecule has 5 rings (SSSR count). The summed E-state index contributed by atoms with van der Waals surface area (Å²) in [7, 11) is 0. The summed E-state index contributed by atoms with van der Waals surface area (Å²) >= 11 is 0. The molecule has 0 atom stereocenters. The highest BCUT2D eigenvalue weighted by Gasteiger charge is 2.14. The van der Waals surface area contributed by atoms with Crippen molar-refractivity contribution in [2.75, 3.05) is 15.9 Å². The fraction of sp³-hybridized carbons (Fsp3) is 0. The summed E-state index contributed by atoms with van der Waals surface area (Å²) in [5.41, 5.74) is 4.31. The molecule has 0 saturated heterocycles. The van der Waals surface area contributed by atoms with Crippen molar-refractivity contribution in [1.82, 2.24) is 9.78 Å². The molecule has 8 nitrogen and oxygen atoms in total. The number of anilines is 4. The third kappa shape index (κ3) is 4.95. The number of para-hydroxylation sites is 3. The van der Waals surface area contributed by atoms with Crippen molar-refractivity contribution in [1.29, 1.82) is 0 Å². The van der Waals surface area contributed by atoms with Gasteiger partial charge in [-0.3, -0.25) is 10.0 Å². The maximum atomic E-state index is 12.9. The summed E-state index contributed by atoms with van der Waals surface area (Å²) < 4.78 is 1.82.